The van der Waals surface area contributed by atoms with Gasteiger partial charge in [0.25, 0.3) is 0 Å². The van der Waals surface area contributed by atoms with Crippen LogP contribution in [0.1, 0.15) is 11.1 Å². The number of ether oxygens (including phenoxy) is 2. The molecule has 0 aliphatic rings. The van der Waals surface area contributed by atoms with Crippen LogP contribution in [0.5, 0.6) is 11.5 Å². The second kappa shape index (κ2) is 6.98. The maximum absolute atomic E-state index is 13.4. The van der Waals surface area contributed by atoms with Gasteiger partial charge in [0.05, 0.1) is 23.8 Å². The summed E-state index contributed by atoms with van der Waals surface area (Å²) in [5.74, 6) is 0.197. The summed E-state index contributed by atoms with van der Waals surface area (Å²) in [6, 6.07) is 7.68. The van der Waals surface area contributed by atoms with Crippen molar-refractivity contribution in [2.75, 3.05) is 7.11 Å². The molecule has 0 radical (unpaired) electrons. The summed E-state index contributed by atoms with van der Waals surface area (Å²) in [6.07, 6.45) is 0. The highest BCUT2D eigenvalue weighted by atomic mass is 35.5. The molecular formula is C15H13Cl2FO3. The molecule has 6 heteroatoms. The van der Waals surface area contributed by atoms with Crippen molar-refractivity contribution in [2.45, 2.75) is 13.2 Å². The second-order valence-electron chi connectivity index (χ2n) is 4.27. The lowest BCUT2D eigenvalue weighted by Crippen LogP contribution is -2.01. The molecule has 0 aromatic heterocycles. The smallest absolute Gasteiger partial charge is 0.180 e. The fourth-order valence-electron chi connectivity index (χ4n) is 1.81. The molecule has 2 aromatic rings. The summed E-state index contributed by atoms with van der Waals surface area (Å²) < 4.78 is 24.1. The van der Waals surface area contributed by atoms with Crippen LogP contribution < -0.4 is 9.47 Å². The lowest BCUT2D eigenvalue weighted by atomic mass is 10.2. The van der Waals surface area contributed by atoms with E-state index < -0.39 is 5.82 Å². The van der Waals surface area contributed by atoms with E-state index in [2.05, 4.69) is 0 Å². The van der Waals surface area contributed by atoms with Crippen LogP contribution in [0, 0.1) is 5.82 Å². The van der Waals surface area contributed by atoms with Gasteiger partial charge in [-0.1, -0.05) is 35.3 Å². The molecule has 2 rings (SSSR count). The van der Waals surface area contributed by atoms with Crippen LogP contribution >= 0.6 is 23.2 Å². The number of methoxy groups -OCH3 is 1. The van der Waals surface area contributed by atoms with Crippen LogP contribution in [0.3, 0.4) is 0 Å². The third-order valence-electron chi connectivity index (χ3n) is 2.88. The van der Waals surface area contributed by atoms with Crippen LogP contribution in [0.2, 0.25) is 10.0 Å². The van der Waals surface area contributed by atoms with Crippen LogP contribution in [0.25, 0.3) is 0 Å². The van der Waals surface area contributed by atoms with E-state index in [-0.39, 0.29) is 18.2 Å². The summed E-state index contributed by atoms with van der Waals surface area (Å²) in [7, 11) is 1.47. The molecule has 0 atom stereocenters. The molecule has 2 aromatic carbocycles. The van der Waals surface area contributed by atoms with Gasteiger partial charge in [0.15, 0.2) is 11.5 Å². The third kappa shape index (κ3) is 3.59. The molecule has 112 valence electrons. The molecule has 0 saturated heterocycles. The van der Waals surface area contributed by atoms with Gasteiger partial charge in [-0.2, -0.15) is 0 Å². The zero-order valence-electron chi connectivity index (χ0n) is 11.2. The van der Waals surface area contributed by atoms with Crippen molar-refractivity contribution in [2.24, 2.45) is 0 Å². The quantitative estimate of drug-likeness (QED) is 0.892. The number of hydrogen-bond acceptors (Lipinski definition) is 3. The van der Waals surface area contributed by atoms with E-state index in [1.807, 2.05) is 0 Å². The fraction of sp³-hybridized carbons (Fsp3) is 0.200. The third-order valence-corrected chi connectivity index (χ3v) is 3.58. The van der Waals surface area contributed by atoms with E-state index in [4.69, 9.17) is 37.8 Å². The van der Waals surface area contributed by atoms with Crippen molar-refractivity contribution < 1.29 is 19.0 Å². The lowest BCUT2D eigenvalue weighted by molar-refractivity contribution is 0.274. The van der Waals surface area contributed by atoms with Crippen LogP contribution in [-0.2, 0) is 13.2 Å². The summed E-state index contributed by atoms with van der Waals surface area (Å²) in [4.78, 5) is 0. The van der Waals surface area contributed by atoms with E-state index in [0.717, 1.165) is 0 Å². The van der Waals surface area contributed by atoms with Gasteiger partial charge in [-0.15, -0.1) is 0 Å². The van der Waals surface area contributed by atoms with Gasteiger partial charge in [0.1, 0.15) is 12.4 Å². The average Bonchev–Trinajstić information content (AvgIpc) is 2.49. The molecule has 0 bridgehead atoms. The molecule has 0 spiro atoms. The summed E-state index contributed by atoms with van der Waals surface area (Å²) in [5.41, 5.74) is 1.11. The Hall–Kier alpha value is -1.49. The largest absolute Gasteiger partial charge is 0.493 e. The van der Waals surface area contributed by atoms with Crippen molar-refractivity contribution in [1.82, 2.24) is 0 Å². The Kier molecular flexibility index (Phi) is 5.28. The molecule has 3 nitrogen and oxygen atoms in total. The van der Waals surface area contributed by atoms with Crippen molar-refractivity contribution in [3.05, 3.63) is 57.3 Å². The van der Waals surface area contributed by atoms with E-state index in [0.29, 0.717) is 27.6 Å². The van der Waals surface area contributed by atoms with E-state index >= 15 is 0 Å². The highest BCUT2D eigenvalue weighted by molar-refractivity contribution is 6.32. The Morgan fingerprint density at radius 3 is 2.67 bits per heavy atom. The zero-order valence-corrected chi connectivity index (χ0v) is 12.7. The second-order valence-corrected chi connectivity index (χ2v) is 5.05. The van der Waals surface area contributed by atoms with Crippen molar-refractivity contribution >= 4 is 23.2 Å². The summed E-state index contributed by atoms with van der Waals surface area (Å²) in [6.45, 7) is -0.114. The standard InChI is InChI=1S/C15H13Cl2FO3/c1-20-13-6-9(7-19)5-11(16)15(13)21-8-10-3-2-4-12(18)14(10)17/h2-6,19H,7-8H2,1H3. The normalized spacial score (nSPS) is 10.5. The van der Waals surface area contributed by atoms with Crippen LogP contribution in [0.4, 0.5) is 4.39 Å². The van der Waals surface area contributed by atoms with Crippen molar-refractivity contribution in [3.63, 3.8) is 0 Å². The molecule has 1 N–H and O–H groups in total. The van der Waals surface area contributed by atoms with Crippen LogP contribution in [-0.4, -0.2) is 12.2 Å². The molecule has 21 heavy (non-hydrogen) atoms. The highest BCUT2D eigenvalue weighted by Gasteiger charge is 2.13. The molecule has 0 aliphatic carbocycles. The van der Waals surface area contributed by atoms with Crippen molar-refractivity contribution in [1.29, 1.82) is 0 Å². The van der Waals surface area contributed by atoms with E-state index in [1.165, 1.54) is 13.2 Å². The number of aliphatic hydroxyl groups is 1. The minimum Gasteiger partial charge on any atom is -0.493 e. The van der Waals surface area contributed by atoms with Gasteiger partial charge in [-0.3, -0.25) is 0 Å². The Labute approximate surface area is 131 Å². The highest BCUT2D eigenvalue weighted by Crippen LogP contribution is 2.37. The average molecular weight is 331 g/mol. The first-order chi connectivity index (χ1) is 10.1. The summed E-state index contributed by atoms with van der Waals surface area (Å²) >= 11 is 12.0. The lowest BCUT2D eigenvalue weighted by Gasteiger charge is -2.14. The molecule has 0 saturated carbocycles. The van der Waals surface area contributed by atoms with Gasteiger partial charge in [-0.05, 0) is 23.8 Å². The Morgan fingerprint density at radius 1 is 1.24 bits per heavy atom. The Morgan fingerprint density at radius 2 is 2.00 bits per heavy atom. The number of rotatable bonds is 5. The van der Waals surface area contributed by atoms with Gasteiger partial charge < -0.3 is 14.6 Å². The molecule has 0 heterocycles. The molecule has 0 unspecified atom stereocenters. The van der Waals surface area contributed by atoms with Gasteiger partial charge in [0.2, 0.25) is 0 Å². The predicted molar refractivity (Wildman–Crippen MR) is 79.7 cm³/mol. The SMILES string of the molecule is COc1cc(CO)cc(Cl)c1OCc1cccc(F)c1Cl. The Bertz CT molecular complexity index is 647. The minimum atomic E-state index is -0.508. The monoisotopic (exact) mass is 330 g/mol. The fourth-order valence-corrected chi connectivity index (χ4v) is 2.28. The van der Waals surface area contributed by atoms with E-state index in [1.54, 1.807) is 24.3 Å². The number of hydrogen-bond donors (Lipinski definition) is 1. The first-order valence-electron chi connectivity index (χ1n) is 6.09. The number of aliphatic hydroxyl groups excluding tert-OH is 1. The maximum atomic E-state index is 13.4. The first kappa shape index (κ1) is 15.9. The molecule has 0 aliphatic heterocycles. The molecule has 0 amide bonds. The minimum absolute atomic E-state index is 0.0135. The summed E-state index contributed by atoms with van der Waals surface area (Å²) in [5, 5.41) is 9.44. The van der Waals surface area contributed by atoms with E-state index in [9.17, 15) is 4.39 Å². The predicted octanol–water partition coefficient (Wildman–Crippen LogP) is 4.21. The van der Waals surface area contributed by atoms with Gasteiger partial charge >= 0.3 is 0 Å². The number of benzene rings is 2. The molecular weight excluding hydrogens is 318 g/mol. The molecule has 0 fully saturated rings. The van der Waals surface area contributed by atoms with Gasteiger partial charge in [-0.25, -0.2) is 4.39 Å². The zero-order chi connectivity index (χ0) is 15.4. The number of halogens is 3. The first-order valence-corrected chi connectivity index (χ1v) is 6.85. The van der Waals surface area contributed by atoms with Crippen LogP contribution in [0.15, 0.2) is 30.3 Å². The maximum Gasteiger partial charge on any atom is 0.180 e. The Balaban J connectivity index is 2.25. The topological polar surface area (TPSA) is 38.7 Å². The van der Waals surface area contributed by atoms with Crippen molar-refractivity contribution in [3.8, 4) is 11.5 Å². The van der Waals surface area contributed by atoms with Gasteiger partial charge in [0, 0.05) is 5.56 Å².